The van der Waals surface area contributed by atoms with Crippen LogP contribution in [0.1, 0.15) is 32.2 Å². The molecule has 1 amide bonds. The predicted molar refractivity (Wildman–Crippen MR) is 82.1 cm³/mol. The van der Waals surface area contributed by atoms with Crippen molar-refractivity contribution in [2.45, 2.75) is 45.3 Å². The summed E-state index contributed by atoms with van der Waals surface area (Å²) >= 11 is 3.49. The molecule has 2 heterocycles. The third-order valence-corrected chi connectivity index (χ3v) is 4.41. The zero-order valence-corrected chi connectivity index (χ0v) is 14.7. The minimum absolute atomic E-state index is 0.276. The van der Waals surface area contributed by atoms with Gasteiger partial charge >= 0.3 is 6.09 Å². The van der Waals surface area contributed by atoms with E-state index in [9.17, 15) is 9.90 Å². The maximum atomic E-state index is 11.9. The lowest BCUT2D eigenvalue weighted by Crippen LogP contribution is -2.65. The lowest BCUT2D eigenvalue weighted by molar-refractivity contribution is -0.0982. The van der Waals surface area contributed by atoms with Gasteiger partial charge in [0.1, 0.15) is 11.2 Å². The second-order valence-corrected chi connectivity index (χ2v) is 7.50. The van der Waals surface area contributed by atoms with Crippen molar-refractivity contribution < 1.29 is 14.6 Å². The Morgan fingerprint density at radius 1 is 1.48 bits per heavy atom. The van der Waals surface area contributed by atoms with Gasteiger partial charge in [-0.3, -0.25) is 4.68 Å². The number of aryl methyl sites for hydroxylation is 2. The molecule has 118 valence electrons. The number of β-amino-alcohol motifs (C(OH)–C–C–N with tert-alkyl or cyclic N) is 1. The first-order chi connectivity index (χ1) is 9.51. The Hall–Kier alpha value is -1.08. The summed E-state index contributed by atoms with van der Waals surface area (Å²) < 4.78 is 7.95. The largest absolute Gasteiger partial charge is 0.444 e. The Labute approximate surface area is 133 Å². The van der Waals surface area contributed by atoms with Crippen LogP contribution >= 0.6 is 15.9 Å². The normalized spacial score (nSPS) is 17.6. The standard InChI is InChI=1S/C14H22BrN3O3/c1-9-11(15)10(17(5)16-9)6-14(20)7-18(8-14)12(19)21-13(2,3)4/h20H,6-8H2,1-5H3. The number of carbonyl (C=O) groups excluding carboxylic acids is 1. The fraction of sp³-hybridized carbons (Fsp3) is 0.714. The molecular formula is C14H22BrN3O3. The average molecular weight is 360 g/mol. The van der Waals surface area contributed by atoms with E-state index in [0.717, 1.165) is 15.9 Å². The van der Waals surface area contributed by atoms with Gasteiger partial charge in [0.25, 0.3) is 0 Å². The quantitative estimate of drug-likeness (QED) is 0.876. The molecule has 1 aliphatic heterocycles. The molecule has 1 saturated heterocycles. The second kappa shape index (κ2) is 5.28. The van der Waals surface area contributed by atoms with Crippen molar-refractivity contribution in [3.8, 4) is 0 Å². The number of nitrogens with zero attached hydrogens (tertiary/aromatic N) is 3. The Morgan fingerprint density at radius 2 is 2.05 bits per heavy atom. The van der Waals surface area contributed by atoms with E-state index in [1.54, 1.807) is 4.68 Å². The number of ether oxygens (including phenoxy) is 1. The summed E-state index contributed by atoms with van der Waals surface area (Å²) in [6.07, 6.45) is 0.0666. The van der Waals surface area contributed by atoms with Gasteiger partial charge in [-0.2, -0.15) is 5.10 Å². The van der Waals surface area contributed by atoms with Gasteiger partial charge in [0, 0.05) is 13.5 Å². The molecular weight excluding hydrogens is 338 g/mol. The summed E-state index contributed by atoms with van der Waals surface area (Å²) in [5, 5.41) is 14.8. The molecule has 1 N–H and O–H groups in total. The SMILES string of the molecule is Cc1nn(C)c(CC2(O)CN(C(=O)OC(C)(C)C)C2)c1Br. The molecule has 1 aromatic rings. The number of aliphatic hydroxyl groups is 1. The minimum Gasteiger partial charge on any atom is -0.444 e. The number of aromatic nitrogens is 2. The van der Waals surface area contributed by atoms with E-state index in [2.05, 4.69) is 21.0 Å². The number of amides is 1. The maximum Gasteiger partial charge on any atom is 0.410 e. The Balaban J connectivity index is 1.97. The summed E-state index contributed by atoms with van der Waals surface area (Å²) in [6.45, 7) is 7.94. The van der Waals surface area contributed by atoms with E-state index in [1.165, 1.54) is 4.90 Å². The van der Waals surface area contributed by atoms with E-state index >= 15 is 0 Å². The van der Waals surface area contributed by atoms with Gasteiger partial charge in [0.05, 0.1) is 29.0 Å². The molecule has 6 nitrogen and oxygen atoms in total. The van der Waals surface area contributed by atoms with Crippen molar-refractivity contribution in [2.75, 3.05) is 13.1 Å². The molecule has 7 heteroatoms. The molecule has 0 aliphatic carbocycles. The summed E-state index contributed by atoms with van der Waals surface area (Å²) in [4.78, 5) is 13.4. The van der Waals surface area contributed by atoms with Crippen LogP contribution in [0.4, 0.5) is 4.79 Å². The fourth-order valence-electron chi connectivity index (χ4n) is 2.42. The molecule has 1 aromatic heterocycles. The molecule has 21 heavy (non-hydrogen) atoms. The summed E-state index contributed by atoms with van der Waals surface area (Å²) in [5.41, 5.74) is 0.380. The van der Waals surface area contributed by atoms with Gasteiger partial charge in [-0.05, 0) is 43.6 Å². The molecule has 0 bridgehead atoms. The molecule has 0 spiro atoms. The highest BCUT2D eigenvalue weighted by atomic mass is 79.9. The van der Waals surface area contributed by atoms with E-state index in [4.69, 9.17) is 4.74 Å². The number of rotatable bonds is 2. The predicted octanol–water partition coefficient (Wildman–Crippen LogP) is 2.02. The Morgan fingerprint density at radius 3 is 2.48 bits per heavy atom. The molecule has 0 atom stereocenters. The van der Waals surface area contributed by atoms with E-state index in [1.807, 2.05) is 34.7 Å². The summed E-state index contributed by atoms with van der Waals surface area (Å²) in [7, 11) is 1.85. The molecule has 2 rings (SSSR count). The Kier molecular flexibility index (Phi) is 4.10. The lowest BCUT2D eigenvalue weighted by Gasteiger charge is -2.46. The van der Waals surface area contributed by atoms with Crippen molar-refractivity contribution in [3.05, 3.63) is 15.9 Å². The zero-order valence-electron chi connectivity index (χ0n) is 13.1. The van der Waals surface area contributed by atoms with E-state index in [-0.39, 0.29) is 19.2 Å². The lowest BCUT2D eigenvalue weighted by atomic mass is 9.89. The van der Waals surface area contributed by atoms with Gasteiger partial charge in [-0.15, -0.1) is 0 Å². The first-order valence-electron chi connectivity index (χ1n) is 6.89. The summed E-state index contributed by atoms with van der Waals surface area (Å²) in [5.74, 6) is 0. The van der Waals surface area contributed by atoms with Gasteiger partial charge < -0.3 is 14.7 Å². The second-order valence-electron chi connectivity index (χ2n) is 6.71. The molecule has 1 fully saturated rings. The van der Waals surface area contributed by atoms with Crippen LogP contribution in [0, 0.1) is 6.92 Å². The van der Waals surface area contributed by atoms with Crippen LogP contribution in [0.25, 0.3) is 0 Å². The van der Waals surface area contributed by atoms with Crippen LogP contribution < -0.4 is 0 Å². The van der Waals surface area contributed by atoms with Crippen LogP contribution in [-0.4, -0.2) is 50.2 Å². The van der Waals surface area contributed by atoms with Gasteiger partial charge in [0.2, 0.25) is 0 Å². The number of hydrogen-bond donors (Lipinski definition) is 1. The Bertz CT molecular complexity index is 557. The first kappa shape index (κ1) is 16.3. The number of likely N-dealkylation sites (tertiary alicyclic amines) is 1. The highest BCUT2D eigenvalue weighted by Crippen LogP contribution is 2.30. The first-order valence-corrected chi connectivity index (χ1v) is 7.68. The zero-order chi connectivity index (χ0) is 16.0. The van der Waals surface area contributed by atoms with Crippen molar-refractivity contribution in [1.29, 1.82) is 0 Å². The van der Waals surface area contributed by atoms with Crippen molar-refractivity contribution in [3.63, 3.8) is 0 Å². The van der Waals surface area contributed by atoms with Crippen molar-refractivity contribution in [1.82, 2.24) is 14.7 Å². The van der Waals surface area contributed by atoms with Gasteiger partial charge in [-0.1, -0.05) is 0 Å². The van der Waals surface area contributed by atoms with Crippen LogP contribution in [-0.2, 0) is 18.2 Å². The third kappa shape index (κ3) is 3.58. The van der Waals surface area contributed by atoms with E-state index in [0.29, 0.717) is 6.42 Å². The van der Waals surface area contributed by atoms with Crippen LogP contribution in [0.5, 0.6) is 0 Å². The van der Waals surface area contributed by atoms with Gasteiger partial charge in [-0.25, -0.2) is 4.79 Å². The minimum atomic E-state index is -0.917. The average Bonchev–Trinajstić information content (AvgIpc) is 2.50. The highest BCUT2D eigenvalue weighted by Gasteiger charge is 2.46. The van der Waals surface area contributed by atoms with E-state index < -0.39 is 11.2 Å². The molecule has 0 saturated carbocycles. The molecule has 1 aliphatic rings. The van der Waals surface area contributed by atoms with Crippen molar-refractivity contribution >= 4 is 22.0 Å². The van der Waals surface area contributed by atoms with Crippen molar-refractivity contribution in [2.24, 2.45) is 7.05 Å². The molecule has 0 unspecified atom stereocenters. The number of carbonyl (C=O) groups is 1. The van der Waals surface area contributed by atoms with Crippen LogP contribution in [0.2, 0.25) is 0 Å². The van der Waals surface area contributed by atoms with Crippen LogP contribution in [0.3, 0.4) is 0 Å². The third-order valence-electron chi connectivity index (χ3n) is 3.38. The molecule has 0 radical (unpaired) electrons. The van der Waals surface area contributed by atoms with Gasteiger partial charge in [0.15, 0.2) is 0 Å². The van der Waals surface area contributed by atoms with Crippen LogP contribution in [0.15, 0.2) is 4.47 Å². The fourth-order valence-corrected chi connectivity index (χ4v) is 2.89. The highest BCUT2D eigenvalue weighted by molar-refractivity contribution is 9.10. The molecule has 0 aromatic carbocycles. The number of hydrogen-bond acceptors (Lipinski definition) is 4. The summed E-state index contributed by atoms with van der Waals surface area (Å²) in [6, 6.07) is 0. The smallest absolute Gasteiger partial charge is 0.410 e. The number of halogens is 1. The maximum absolute atomic E-state index is 11.9. The topological polar surface area (TPSA) is 67.6 Å². The monoisotopic (exact) mass is 359 g/mol.